The maximum Gasteiger partial charge on any atom is 0.328 e. The van der Waals surface area contributed by atoms with Crippen molar-refractivity contribution in [2.45, 2.75) is 26.3 Å². The van der Waals surface area contributed by atoms with Gasteiger partial charge in [-0.3, -0.25) is 23.9 Å². The van der Waals surface area contributed by atoms with E-state index in [0.29, 0.717) is 23.9 Å². The third kappa shape index (κ3) is 3.89. The second kappa shape index (κ2) is 7.58. The fourth-order valence-electron chi connectivity index (χ4n) is 2.56. The third-order valence-corrected chi connectivity index (χ3v) is 3.63. The minimum Gasteiger partial charge on any atom is -0.480 e. The first-order valence-corrected chi connectivity index (χ1v) is 7.65. The van der Waals surface area contributed by atoms with Crippen LogP contribution in [-0.2, 0) is 16.1 Å². The molecule has 8 heteroatoms. The normalized spacial score (nSPS) is 10.7. The Labute approximate surface area is 137 Å². The van der Waals surface area contributed by atoms with Crippen LogP contribution in [0.15, 0.2) is 33.9 Å². The quantitative estimate of drug-likeness (QED) is 0.762. The summed E-state index contributed by atoms with van der Waals surface area (Å²) < 4.78 is 1.32. The highest BCUT2D eigenvalue weighted by Crippen LogP contribution is 2.08. The molecule has 0 aliphatic carbocycles. The molecule has 1 aromatic heterocycles. The zero-order valence-electron chi connectivity index (χ0n) is 13.3. The number of aryl methyl sites for hydroxylation is 1. The van der Waals surface area contributed by atoms with Crippen molar-refractivity contribution in [2.75, 3.05) is 13.1 Å². The lowest BCUT2D eigenvalue weighted by molar-refractivity contribution is -0.144. The predicted octanol–water partition coefficient (Wildman–Crippen LogP) is 0.403. The molecule has 0 unspecified atom stereocenters. The first kappa shape index (κ1) is 17.5. The van der Waals surface area contributed by atoms with Crippen LogP contribution in [0.25, 0.3) is 10.9 Å². The molecule has 24 heavy (non-hydrogen) atoms. The smallest absolute Gasteiger partial charge is 0.328 e. The number of fused-ring (bicyclic) bond motifs is 1. The standard InChI is InChI=1S/C16H19N3O5/c1-2-8-18(10-14(21)22)13(20)7-9-19-12-6-4-3-5-11(12)15(23)17-16(19)24/h3-6H,2,7-10H2,1H3,(H,21,22)(H,17,23,24). The van der Waals surface area contributed by atoms with Crippen LogP contribution in [0, 0.1) is 0 Å². The zero-order chi connectivity index (χ0) is 17.7. The van der Waals surface area contributed by atoms with E-state index in [-0.39, 0.29) is 25.4 Å². The number of hydrogen-bond donors (Lipinski definition) is 2. The van der Waals surface area contributed by atoms with Gasteiger partial charge in [-0.15, -0.1) is 0 Å². The molecule has 0 aliphatic heterocycles. The zero-order valence-corrected chi connectivity index (χ0v) is 13.3. The molecule has 2 aromatic rings. The van der Waals surface area contributed by atoms with Crippen molar-refractivity contribution in [3.05, 3.63) is 45.1 Å². The van der Waals surface area contributed by atoms with Crippen LogP contribution in [0.3, 0.4) is 0 Å². The van der Waals surface area contributed by atoms with Crippen molar-refractivity contribution >= 4 is 22.8 Å². The lowest BCUT2D eigenvalue weighted by Gasteiger charge is -2.20. The summed E-state index contributed by atoms with van der Waals surface area (Å²) in [5.74, 6) is -1.43. The van der Waals surface area contributed by atoms with Gasteiger partial charge in [0, 0.05) is 19.5 Å². The number of carbonyl (C=O) groups excluding carboxylic acids is 1. The summed E-state index contributed by atoms with van der Waals surface area (Å²) in [5.41, 5.74) is -0.622. The summed E-state index contributed by atoms with van der Waals surface area (Å²) in [6.07, 6.45) is 0.615. The minimum atomic E-state index is -1.08. The van der Waals surface area contributed by atoms with Crippen molar-refractivity contribution in [1.29, 1.82) is 0 Å². The van der Waals surface area contributed by atoms with Crippen LogP contribution in [0.5, 0.6) is 0 Å². The van der Waals surface area contributed by atoms with Crippen molar-refractivity contribution < 1.29 is 14.7 Å². The summed E-state index contributed by atoms with van der Waals surface area (Å²) in [5, 5.41) is 9.23. The second-order valence-electron chi connectivity index (χ2n) is 5.39. The van der Waals surface area contributed by atoms with Gasteiger partial charge in [-0.25, -0.2) is 4.79 Å². The Kier molecular flexibility index (Phi) is 5.51. The van der Waals surface area contributed by atoms with Crippen LogP contribution in [0.2, 0.25) is 0 Å². The van der Waals surface area contributed by atoms with E-state index in [0.717, 1.165) is 0 Å². The number of aromatic nitrogens is 2. The molecule has 1 heterocycles. The van der Waals surface area contributed by atoms with E-state index in [4.69, 9.17) is 5.11 Å². The van der Waals surface area contributed by atoms with Gasteiger partial charge in [0.2, 0.25) is 5.91 Å². The Morgan fingerprint density at radius 1 is 1.25 bits per heavy atom. The summed E-state index contributed by atoms with van der Waals surface area (Å²) >= 11 is 0. The third-order valence-electron chi connectivity index (χ3n) is 3.63. The van der Waals surface area contributed by atoms with Gasteiger partial charge >= 0.3 is 11.7 Å². The van der Waals surface area contributed by atoms with Crippen LogP contribution >= 0.6 is 0 Å². The number of rotatable bonds is 7. The Hall–Kier alpha value is -2.90. The highest BCUT2D eigenvalue weighted by molar-refractivity contribution is 5.82. The van der Waals surface area contributed by atoms with Crippen molar-refractivity contribution in [1.82, 2.24) is 14.5 Å². The second-order valence-corrected chi connectivity index (χ2v) is 5.39. The summed E-state index contributed by atoms with van der Waals surface area (Å²) in [6, 6.07) is 6.62. The van der Waals surface area contributed by atoms with E-state index < -0.39 is 17.2 Å². The molecule has 2 N–H and O–H groups in total. The van der Waals surface area contributed by atoms with Crippen LogP contribution in [0.4, 0.5) is 0 Å². The van der Waals surface area contributed by atoms with Crippen molar-refractivity contribution in [2.24, 2.45) is 0 Å². The molecule has 128 valence electrons. The maximum absolute atomic E-state index is 12.2. The Morgan fingerprint density at radius 2 is 1.96 bits per heavy atom. The van der Waals surface area contributed by atoms with Crippen molar-refractivity contribution in [3.8, 4) is 0 Å². The lowest BCUT2D eigenvalue weighted by atomic mass is 10.2. The topological polar surface area (TPSA) is 112 Å². The highest BCUT2D eigenvalue weighted by atomic mass is 16.4. The van der Waals surface area contributed by atoms with Crippen LogP contribution < -0.4 is 11.2 Å². The molecule has 1 aromatic carbocycles. The molecule has 0 bridgehead atoms. The van der Waals surface area contributed by atoms with E-state index in [1.807, 2.05) is 6.92 Å². The molecule has 0 saturated carbocycles. The van der Waals surface area contributed by atoms with Crippen LogP contribution in [0.1, 0.15) is 19.8 Å². The van der Waals surface area contributed by atoms with Crippen molar-refractivity contribution in [3.63, 3.8) is 0 Å². The van der Waals surface area contributed by atoms with Crippen LogP contribution in [-0.4, -0.2) is 44.5 Å². The molecular weight excluding hydrogens is 314 g/mol. The van der Waals surface area contributed by atoms with Gasteiger partial charge in [-0.1, -0.05) is 19.1 Å². The maximum atomic E-state index is 12.2. The average Bonchev–Trinajstić information content (AvgIpc) is 2.53. The molecule has 0 atom stereocenters. The Balaban J connectivity index is 2.24. The van der Waals surface area contributed by atoms with Gasteiger partial charge in [0.25, 0.3) is 5.56 Å². The number of aromatic amines is 1. The lowest BCUT2D eigenvalue weighted by Crippen LogP contribution is -2.38. The number of aliphatic carboxylic acids is 1. The average molecular weight is 333 g/mol. The molecule has 1 amide bonds. The number of hydrogen-bond acceptors (Lipinski definition) is 4. The number of nitrogens with one attached hydrogen (secondary N) is 1. The predicted molar refractivity (Wildman–Crippen MR) is 88.0 cm³/mol. The van der Waals surface area contributed by atoms with Gasteiger partial charge in [0.1, 0.15) is 6.54 Å². The molecule has 2 rings (SSSR count). The monoisotopic (exact) mass is 333 g/mol. The number of carboxylic acids is 1. The van der Waals surface area contributed by atoms with Gasteiger partial charge < -0.3 is 10.0 Å². The minimum absolute atomic E-state index is 0.0246. The molecule has 0 spiro atoms. The van der Waals surface area contributed by atoms with Gasteiger partial charge in [-0.2, -0.15) is 0 Å². The van der Waals surface area contributed by atoms with Gasteiger partial charge in [0.15, 0.2) is 0 Å². The number of H-pyrrole nitrogens is 1. The number of benzene rings is 1. The number of carbonyl (C=O) groups is 2. The number of carboxylic acid groups (broad SMARTS) is 1. The molecule has 0 radical (unpaired) electrons. The molecular formula is C16H19N3O5. The largest absolute Gasteiger partial charge is 0.480 e. The Bertz CT molecular complexity index is 868. The summed E-state index contributed by atoms with van der Waals surface area (Å²) in [6.45, 7) is 1.89. The van der Waals surface area contributed by atoms with E-state index in [2.05, 4.69) is 4.98 Å². The Morgan fingerprint density at radius 3 is 2.62 bits per heavy atom. The first-order chi connectivity index (χ1) is 11.4. The fraction of sp³-hybridized carbons (Fsp3) is 0.375. The number of nitrogens with zero attached hydrogens (tertiary/aromatic N) is 2. The van der Waals surface area contributed by atoms with Gasteiger partial charge in [-0.05, 0) is 18.6 Å². The summed E-state index contributed by atoms with van der Waals surface area (Å²) in [4.78, 5) is 50.4. The van der Waals surface area contributed by atoms with Gasteiger partial charge in [0.05, 0.1) is 10.9 Å². The molecule has 0 saturated heterocycles. The highest BCUT2D eigenvalue weighted by Gasteiger charge is 2.16. The van der Waals surface area contributed by atoms with E-state index >= 15 is 0 Å². The fourth-order valence-corrected chi connectivity index (χ4v) is 2.56. The van der Waals surface area contributed by atoms with E-state index in [1.165, 1.54) is 9.47 Å². The SMILES string of the molecule is CCCN(CC(=O)O)C(=O)CCn1c(=O)[nH]c(=O)c2ccccc21. The molecule has 0 aliphatic rings. The molecule has 8 nitrogen and oxygen atoms in total. The summed E-state index contributed by atoms with van der Waals surface area (Å²) in [7, 11) is 0. The van der Waals surface area contributed by atoms with E-state index in [9.17, 15) is 19.2 Å². The number of para-hydroxylation sites is 1. The first-order valence-electron chi connectivity index (χ1n) is 7.65. The van der Waals surface area contributed by atoms with E-state index in [1.54, 1.807) is 24.3 Å². The number of amides is 1. The molecule has 0 fully saturated rings.